The van der Waals surface area contributed by atoms with E-state index in [2.05, 4.69) is 5.32 Å². The van der Waals surface area contributed by atoms with Crippen LogP contribution in [-0.4, -0.2) is 24.3 Å². The Kier molecular flexibility index (Phi) is 4.53. The molecule has 3 rings (SSSR count). The minimum absolute atomic E-state index is 0.0447. The van der Waals surface area contributed by atoms with E-state index in [1.807, 2.05) is 13.8 Å². The number of nitrogens with one attached hydrogen (secondary N) is 1. The molecule has 2 aliphatic rings. The molecule has 1 amide bonds. The van der Waals surface area contributed by atoms with E-state index < -0.39 is 5.97 Å². The zero-order valence-electron chi connectivity index (χ0n) is 13.4. The molecule has 0 saturated heterocycles. The van der Waals surface area contributed by atoms with Gasteiger partial charge in [-0.25, -0.2) is 4.79 Å². The molecule has 0 aliphatic heterocycles. The number of ether oxygens (including phenoxy) is 1. The maximum atomic E-state index is 12.5. The minimum atomic E-state index is -0.433. The molecule has 1 heterocycles. The van der Waals surface area contributed by atoms with E-state index >= 15 is 0 Å². The number of fused-ring (bicyclic) bond motifs is 1. The Bertz CT molecular complexity index is 660. The molecule has 6 heteroatoms. The van der Waals surface area contributed by atoms with Crippen LogP contribution in [0, 0.1) is 11.8 Å². The lowest BCUT2D eigenvalue weighted by molar-refractivity contribution is -0.117. The molecule has 0 aromatic carbocycles. The molecule has 2 aliphatic carbocycles. The predicted molar refractivity (Wildman–Crippen MR) is 88.1 cm³/mol. The Morgan fingerprint density at radius 2 is 2.04 bits per heavy atom. The fourth-order valence-corrected chi connectivity index (χ4v) is 4.02. The smallest absolute Gasteiger partial charge is 0.341 e. The second-order valence-corrected chi connectivity index (χ2v) is 7.47. The van der Waals surface area contributed by atoms with Crippen molar-refractivity contribution < 1.29 is 19.1 Å². The first-order valence-corrected chi connectivity index (χ1v) is 8.99. The summed E-state index contributed by atoms with van der Waals surface area (Å²) in [5, 5.41) is 3.33. The van der Waals surface area contributed by atoms with Gasteiger partial charge < -0.3 is 10.1 Å². The fraction of sp³-hybridized carbons (Fsp3) is 0.588. The van der Waals surface area contributed by atoms with E-state index in [0.29, 0.717) is 34.9 Å². The van der Waals surface area contributed by atoms with Gasteiger partial charge in [0.25, 0.3) is 0 Å². The Hall–Kier alpha value is -1.69. The Morgan fingerprint density at radius 1 is 1.30 bits per heavy atom. The van der Waals surface area contributed by atoms with Crippen molar-refractivity contribution in [2.45, 2.75) is 46.0 Å². The normalized spacial score (nSPS) is 20.1. The number of Topliss-reactive ketones (excluding diaryl/α,β-unsaturated/α-hetero) is 1. The lowest BCUT2D eigenvalue weighted by atomic mass is 9.87. The van der Waals surface area contributed by atoms with Gasteiger partial charge in [0.2, 0.25) is 5.91 Å². The van der Waals surface area contributed by atoms with Crippen molar-refractivity contribution in [3.05, 3.63) is 16.0 Å². The largest absolute Gasteiger partial charge is 0.462 e. The van der Waals surface area contributed by atoms with E-state index in [1.165, 1.54) is 11.3 Å². The van der Waals surface area contributed by atoms with Crippen LogP contribution < -0.4 is 5.32 Å². The Labute approximate surface area is 139 Å². The van der Waals surface area contributed by atoms with Gasteiger partial charge in [-0.3, -0.25) is 9.59 Å². The first kappa shape index (κ1) is 16.2. The lowest BCUT2D eigenvalue weighted by Gasteiger charge is -2.18. The van der Waals surface area contributed by atoms with E-state index in [9.17, 15) is 14.4 Å². The van der Waals surface area contributed by atoms with Crippen molar-refractivity contribution >= 4 is 34.0 Å². The highest BCUT2D eigenvalue weighted by atomic mass is 32.1. The molecule has 5 nitrogen and oxygen atoms in total. The van der Waals surface area contributed by atoms with E-state index in [1.54, 1.807) is 0 Å². The van der Waals surface area contributed by atoms with Gasteiger partial charge in [0, 0.05) is 12.3 Å². The van der Waals surface area contributed by atoms with Crippen molar-refractivity contribution in [3.63, 3.8) is 0 Å². The van der Waals surface area contributed by atoms with E-state index in [-0.39, 0.29) is 23.5 Å². The number of anilines is 1. The van der Waals surface area contributed by atoms with Crippen LogP contribution in [-0.2, 0) is 16.0 Å². The molecule has 1 unspecified atom stereocenters. The van der Waals surface area contributed by atoms with Crippen molar-refractivity contribution in [3.8, 4) is 0 Å². The molecule has 0 bridgehead atoms. The Morgan fingerprint density at radius 3 is 2.70 bits per heavy atom. The van der Waals surface area contributed by atoms with Crippen LogP contribution in [0.2, 0.25) is 0 Å². The monoisotopic (exact) mass is 335 g/mol. The number of thiophene rings is 1. The topological polar surface area (TPSA) is 72.5 Å². The van der Waals surface area contributed by atoms with Crippen LogP contribution >= 0.6 is 11.3 Å². The second-order valence-electron chi connectivity index (χ2n) is 6.45. The van der Waals surface area contributed by atoms with Crippen LogP contribution in [0.3, 0.4) is 0 Å². The van der Waals surface area contributed by atoms with Gasteiger partial charge in [-0.05, 0) is 37.2 Å². The quantitative estimate of drug-likeness (QED) is 0.837. The number of hydrogen-bond acceptors (Lipinski definition) is 5. The number of carbonyl (C=O) groups excluding carboxylic acids is 3. The van der Waals surface area contributed by atoms with Crippen molar-refractivity contribution in [2.24, 2.45) is 11.8 Å². The molecule has 1 aromatic heterocycles. The first-order chi connectivity index (χ1) is 11.0. The summed E-state index contributed by atoms with van der Waals surface area (Å²) in [5.74, 6) is -0.191. The summed E-state index contributed by atoms with van der Waals surface area (Å²) in [6.45, 7) is 4.27. The van der Waals surface area contributed by atoms with Gasteiger partial charge in [-0.2, -0.15) is 0 Å². The van der Waals surface area contributed by atoms with Crippen molar-refractivity contribution in [2.75, 3.05) is 11.9 Å². The summed E-state index contributed by atoms with van der Waals surface area (Å²) in [6.07, 6.45) is 3.68. The van der Waals surface area contributed by atoms with Gasteiger partial charge in [-0.15, -0.1) is 11.3 Å². The van der Waals surface area contributed by atoms with E-state index in [0.717, 1.165) is 24.8 Å². The molecular formula is C17H21NO4S. The number of carbonyl (C=O) groups is 3. The summed E-state index contributed by atoms with van der Waals surface area (Å²) < 4.78 is 5.28. The van der Waals surface area contributed by atoms with Crippen molar-refractivity contribution in [1.29, 1.82) is 0 Å². The molecule has 124 valence electrons. The number of esters is 1. The molecule has 1 N–H and O–H groups in total. The third-order valence-corrected chi connectivity index (χ3v) is 5.36. The maximum absolute atomic E-state index is 12.5. The third-order valence-electron chi connectivity index (χ3n) is 4.17. The van der Waals surface area contributed by atoms with Crippen LogP contribution in [0.15, 0.2) is 0 Å². The van der Waals surface area contributed by atoms with E-state index in [4.69, 9.17) is 4.74 Å². The lowest BCUT2D eigenvalue weighted by Crippen LogP contribution is -2.20. The fourth-order valence-electron chi connectivity index (χ4n) is 2.85. The zero-order chi connectivity index (χ0) is 16.6. The summed E-state index contributed by atoms with van der Waals surface area (Å²) >= 11 is 1.23. The molecule has 0 spiro atoms. The van der Waals surface area contributed by atoms with Crippen LogP contribution in [0.4, 0.5) is 5.00 Å². The van der Waals surface area contributed by atoms with Crippen LogP contribution in [0.25, 0.3) is 0 Å². The summed E-state index contributed by atoms with van der Waals surface area (Å²) in [5.41, 5.74) is 1.15. The standard InChI is InChI=1S/C17H21NO4S/c1-3-6-22-17(21)13-11-7-9(2)8-12(19)14(11)23-16(13)18-15(20)10-4-5-10/h9-10H,3-8H2,1-2H3,(H,18,20). The molecule has 1 aromatic rings. The molecule has 0 radical (unpaired) electrons. The van der Waals surface area contributed by atoms with Crippen LogP contribution in [0.5, 0.6) is 0 Å². The maximum Gasteiger partial charge on any atom is 0.341 e. The SMILES string of the molecule is CCCOC(=O)c1c(NC(=O)C2CC2)sc2c1CC(C)CC2=O. The molecule has 23 heavy (non-hydrogen) atoms. The molecule has 1 saturated carbocycles. The zero-order valence-corrected chi connectivity index (χ0v) is 14.3. The average Bonchev–Trinajstić information content (AvgIpc) is 3.28. The van der Waals surface area contributed by atoms with Gasteiger partial charge >= 0.3 is 5.97 Å². The third kappa shape index (κ3) is 3.32. The van der Waals surface area contributed by atoms with Gasteiger partial charge in [0.1, 0.15) is 5.00 Å². The average molecular weight is 335 g/mol. The summed E-state index contributed by atoms with van der Waals surface area (Å²) in [6, 6.07) is 0. The molecule has 1 atom stereocenters. The van der Waals surface area contributed by atoms with Gasteiger partial charge in [0.05, 0.1) is 17.0 Å². The highest BCUT2D eigenvalue weighted by Gasteiger charge is 2.35. The summed E-state index contributed by atoms with van der Waals surface area (Å²) in [4.78, 5) is 37.4. The number of ketones is 1. The number of hydrogen-bond donors (Lipinski definition) is 1. The first-order valence-electron chi connectivity index (χ1n) is 8.18. The highest BCUT2D eigenvalue weighted by molar-refractivity contribution is 7.18. The number of rotatable bonds is 5. The van der Waals surface area contributed by atoms with Gasteiger partial charge in [-0.1, -0.05) is 13.8 Å². The second kappa shape index (κ2) is 6.43. The minimum Gasteiger partial charge on any atom is -0.462 e. The number of amides is 1. The van der Waals surface area contributed by atoms with Crippen molar-refractivity contribution in [1.82, 2.24) is 0 Å². The molecule has 1 fully saturated rings. The predicted octanol–water partition coefficient (Wildman–Crippen LogP) is 3.43. The highest BCUT2D eigenvalue weighted by Crippen LogP contribution is 2.41. The molecular weight excluding hydrogens is 314 g/mol. The Balaban J connectivity index is 1.96. The van der Waals surface area contributed by atoms with Gasteiger partial charge in [0.15, 0.2) is 5.78 Å². The summed E-state index contributed by atoms with van der Waals surface area (Å²) in [7, 11) is 0. The van der Waals surface area contributed by atoms with Crippen LogP contribution in [0.1, 0.15) is 65.1 Å².